The highest BCUT2D eigenvalue weighted by atomic mass is 16.5. The second kappa shape index (κ2) is 7.21. The van der Waals surface area contributed by atoms with Crippen LogP contribution in [0.5, 0.6) is 5.75 Å². The molecule has 1 heterocycles. The zero-order valence-corrected chi connectivity index (χ0v) is 12.3. The molecule has 116 valence electrons. The molecule has 1 unspecified atom stereocenters. The Hall–Kier alpha value is -2.90. The van der Waals surface area contributed by atoms with E-state index in [4.69, 9.17) is 4.74 Å². The molecule has 1 atom stereocenters. The molecule has 0 saturated heterocycles. The molecular formula is C14H17N5O3. The molecule has 8 heteroatoms. The quantitative estimate of drug-likeness (QED) is 0.738. The smallest absolute Gasteiger partial charge is 0.229 e. The van der Waals surface area contributed by atoms with Gasteiger partial charge >= 0.3 is 0 Å². The number of nitrogens with zero attached hydrogens (tertiary/aromatic N) is 2. The van der Waals surface area contributed by atoms with Crippen molar-refractivity contribution in [3.8, 4) is 5.75 Å². The molecule has 0 aliphatic heterocycles. The Morgan fingerprint density at radius 3 is 2.59 bits per heavy atom. The summed E-state index contributed by atoms with van der Waals surface area (Å²) in [5.74, 6) is 0.470. The number of amides is 2. The van der Waals surface area contributed by atoms with Crippen LogP contribution in [0.2, 0.25) is 0 Å². The number of carbonyl (C=O) groups excluding carboxylic acids is 2. The predicted octanol–water partition coefficient (Wildman–Crippen LogP) is 1.02. The third kappa shape index (κ3) is 4.30. The third-order valence-electron chi connectivity index (χ3n) is 2.96. The number of nitrogens with one attached hydrogen (secondary N) is 3. The van der Waals surface area contributed by atoms with E-state index in [1.807, 2.05) is 0 Å². The molecular weight excluding hydrogens is 286 g/mol. The van der Waals surface area contributed by atoms with Gasteiger partial charge in [-0.1, -0.05) is 12.1 Å². The molecule has 0 radical (unpaired) electrons. The van der Waals surface area contributed by atoms with Crippen molar-refractivity contribution < 1.29 is 14.3 Å². The van der Waals surface area contributed by atoms with Crippen LogP contribution in [0.3, 0.4) is 0 Å². The Balaban J connectivity index is 2.07. The average Bonchev–Trinajstić information content (AvgIpc) is 2.99. The van der Waals surface area contributed by atoms with Crippen LogP contribution >= 0.6 is 0 Å². The molecule has 0 aliphatic rings. The number of methoxy groups -OCH3 is 1. The fourth-order valence-electron chi connectivity index (χ4n) is 1.97. The second-order valence-corrected chi connectivity index (χ2v) is 4.61. The van der Waals surface area contributed by atoms with Crippen molar-refractivity contribution in [3.05, 3.63) is 36.2 Å². The summed E-state index contributed by atoms with van der Waals surface area (Å²) in [6, 6.07) is 6.73. The lowest BCUT2D eigenvalue weighted by Gasteiger charge is -2.18. The number of carbonyl (C=O) groups is 2. The highest BCUT2D eigenvalue weighted by molar-refractivity contribution is 5.89. The van der Waals surface area contributed by atoms with Gasteiger partial charge < -0.3 is 10.1 Å². The number of anilines is 1. The van der Waals surface area contributed by atoms with Crippen molar-refractivity contribution in [3.63, 3.8) is 0 Å². The summed E-state index contributed by atoms with van der Waals surface area (Å²) < 4.78 is 5.10. The molecule has 2 aromatic rings. The summed E-state index contributed by atoms with van der Waals surface area (Å²) in [5, 5.41) is 11.5. The van der Waals surface area contributed by atoms with E-state index in [1.165, 1.54) is 13.3 Å². The minimum Gasteiger partial charge on any atom is -0.497 e. The Morgan fingerprint density at radius 1 is 1.32 bits per heavy atom. The van der Waals surface area contributed by atoms with Gasteiger partial charge in [-0.25, -0.2) is 5.10 Å². The van der Waals surface area contributed by atoms with Crippen molar-refractivity contribution in [2.75, 3.05) is 12.4 Å². The molecule has 2 rings (SSSR count). The van der Waals surface area contributed by atoms with Crippen LogP contribution in [-0.2, 0) is 9.59 Å². The monoisotopic (exact) mass is 303 g/mol. The van der Waals surface area contributed by atoms with Crippen molar-refractivity contribution >= 4 is 17.8 Å². The predicted molar refractivity (Wildman–Crippen MR) is 79.2 cm³/mol. The summed E-state index contributed by atoms with van der Waals surface area (Å²) in [6.07, 6.45) is 1.37. The van der Waals surface area contributed by atoms with Crippen molar-refractivity contribution in [2.24, 2.45) is 0 Å². The number of ether oxygens (including phenoxy) is 1. The zero-order valence-electron chi connectivity index (χ0n) is 12.3. The minimum absolute atomic E-state index is 0.0760. The van der Waals surface area contributed by atoms with Gasteiger partial charge in [0, 0.05) is 6.92 Å². The molecule has 2 amide bonds. The molecule has 22 heavy (non-hydrogen) atoms. The van der Waals surface area contributed by atoms with Gasteiger partial charge in [-0.2, -0.15) is 10.1 Å². The van der Waals surface area contributed by atoms with E-state index < -0.39 is 6.04 Å². The minimum atomic E-state index is -0.439. The summed E-state index contributed by atoms with van der Waals surface area (Å²) in [5.41, 5.74) is 0.809. The van der Waals surface area contributed by atoms with E-state index in [2.05, 4.69) is 25.8 Å². The molecule has 3 N–H and O–H groups in total. The number of aromatic nitrogens is 3. The number of H-pyrrole nitrogens is 1. The summed E-state index contributed by atoms with van der Waals surface area (Å²) in [7, 11) is 1.57. The van der Waals surface area contributed by atoms with Crippen LogP contribution in [0.25, 0.3) is 0 Å². The van der Waals surface area contributed by atoms with Gasteiger partial charge in [0.1, 0.15) is 12.1 Å². The molecule has 1 aromatic heterocycles. The molecule has 8 nitrogen and oxygen atoms in total. The first-order valence-electron chi connectivity index (χ1n) is 6.64. The topological polar surface area (TPSA) is 109 Å². The van der Waals surface area contributed by atoms with Gasteiger partial charge in [0.25, 0.3) is 0 Å². The van der Waals surface area contributed by atoms with E-state index in [-0.39, 0.29) is 24.2 Å². The number of rotatable bonds is 6. The number of benzene rings is 1. The largest absolute Gasteiger partial charge is 0.497 e. The Bertz CT molecular complexity index is 624. The lowest BCUT2D eigenvalue weighted by molar-refractivity contribution is -0.120. The Labute approximate surface area is 127 Å². The molecule has 0 bridgehead atoms. The molecule has 0 aliphatic carbocycles. The Kier molecular flexibility index (Phi) is 5.07. The SMILES string of the molecule is COc1ccc(C(CC(=O)Nc2ncn[nH]2)NC(C)=O)cc1. The van der Waals surface area contributed by atoms with Crippen LogP contribution < -0.4 is 15.4 Å². The number of aromatic amines is 1. The van der Waals surface area contributed by atoms with Gasteiger partial charge in [-0.05, 0) is 17.7 Å². The van der Waals surface area contributed by atoms with Crippen molar-refractivity contribution in [2.45, 2.75) is 19.4 Å². The van der Waals surface area contributed by atoms with Gasteiger partial charge in [-0.15, -0.1) is 0 Å². The van der Waals surface area contributed by atoms with Crippen LogP contribution in [0.4, 0.5) is 5.95 Å². The fraction of sp³-hybridized carbons (Fsp3) is 0.286. The van der Waals surface area contributed by atoms with Crippen LogP contribution in [0, 0.1) is 0 Å². The first-order chi connectivity index (χ1) is 10.6. The highest BCUT2D eigenvalue weighted by Crippen LogP contribution is 2.20. The van der Waals surface area contributed by atoms with E-state index in [0.29, 0.717) is 5.75 Å². The fourth-order valence-corrected chi connectivity index (χ4v) is 1.97. The van der Waals surface area contributed by atoms with Crippen LogP contribution in [0.1, 0.15) is 24.9 Å². The zero-order chi connectivity index (χ0) is 15.9. The van der Waals surface area contributed by atoms with E-state index in [9.17, 15) is 9.59 Å². The van der Waals surface area contributed by atoms with E-state index in [1.54, 1.807) is 31.4 Å². The van der Waals surface area contributed by atoms with E-state index in [0.717, 1.165) is 5.56 Å². The van der Waals surface area contributed by atoms with E-state index >= 15 is 0 Å². The maximum absolute atomic E-state index is 12.0. The summed E-state index contributed by atoms with van der Waals surface area (Å²) in [6.45, 7) is 1.41. The van der Waals surface area contributed by atoms with Gasteiger partial charge in [0.15, 0.2) is 0 Å². The van der Waals surface area contributed by atoms with Gasteiger partial charge in [0.2, 0.25) is 17.8 Å². The first kappa shape index (κ1) is 15.5. The normalized spacial score (nSPS) is 11.5. The third-order valence-corrected chi connectivity index (χ3v) is 2.96. The Morgan fingerprint density at radius 2 is 2.05 bits per heavy atom. The maximum Gasteiger partial charge on any atom is 0.229 e. The van der Waals surface area contributed by atoms with Gasteiger partial charge in [0.05, 0.1) is 19.6 Å². The number of hydrogen-bond donors (Lipinski definition) is 3. The van der Waals surface area contributed by atoms with Crippen LogP contribution in [-0.4, -0.2) is 34.1 Å². The highest BCUT2D eigenvalue weighted by Gasteiger charge is 2.18. The van der Waals surface area contributed by atoms with Gasteiger partial charge in [-0.3, -0.25) is 14.9 Å². The summed E-state index contributed by atoms with van der Waals surface area (Å²) >= 11 is 0. The summed E-state index contributed by atoms with van der Waals surface area (Å²) in [4.78, 5) is 27.2. The first-order valence-corrected chi connectivity index (χ1v) is 6.64. The van der Waals surface area contributed by atoms with Crippen molar-refractivity contribution in [1.29, 1.82) is 0 Å². The average molecular weight is 303 g/mol. The van der Waals surface area contributed by atoms with Crippen LogP contribution in [0.15, 0.2) is 30.6 Å². The lowest BCUT2D eigenvalue weighted by Crippen LogP contribution is -2.29. The maximum atomic E-state index is 12.0. The molecule has 0 spiro atoms. The van der Waals surface area contributed by atoms with Crippen molar-refractivity contribution in [1.82, 2.24) is 20.5 Å². The number of hydrogen-bond acceptors (Lipinski definition) is 5. The molecule has 0 saturated carbocycles. The second-order valence-electron chi connectivity index (χ2n) is 4.61. The molecule has 1 aromatic carbocycles. The lowest BCUT2D eigenvalue weighted by atomic mass is 10.0. The standard InChI is InChI=1S/C14H17N5O3/c1-9(20)17-12(10-3-5-11(22-2)6-4-10)7-13(21)18-14-15-8-16-19-14/h3-6,8,12H,7H2,1-2H3,(H,17,20)(H2,15,16,18,19,21). The molecule has 0 fully saturated rings.